The van der Waals surface area contributed by atoms with E-state index < -0.39 is 0 Å². The number of carbonyl (C=O) groups is 2. The van der Waals surface area contributed by atoms with Gasteiger partial charge in [-0.15, -0.1) is 11.3 Å². The third-order valence-corrected chi connectivity index (χ3v) is 5.04. The molecule has 1 N–H and O–H groups in total. The molecule has 1 aromatic heterocycles. The van der Waals surface area contributed by atoms with Gasteiger partial charge < -0.3 is 10.1 Å². The third kappa shape index (κ3) is 4.71. The number of thioether (sulfide) groups is 1. The van der Waals surface area contributed by atoms with Gasteiger partial charge in [0.15, 0.2) is 4.34 Å². The Kier molecular flexibility index (Phi) is 5.79. The van der Waals surface area contributed by atoms with Crippen molar-refractivity contribution in [3.8, 4) is 0 Å². The zero-order valence-electron chi connectivity index (χ0n) is 12.7. The van der Waals surface area contributed by atoms with E-state index in [1.54, 1.807) is 0 Å². The Morgan fingerprint density at radius 3 is 2.91 bits per heavy atom. The molecule has 0 saturated carbocycles. The van der Waals surface area contributed by atoms with Gasteiger partial charge in [0, 0.05) is 12.6 Å². The highest BCUT2D eigenvalue weighted by atomic mass is 32.2. The number of hydrogen-bond donors (Lipinski definition) is 1. The van der Waals surface area contributed by atoms with Crippen molar-refractivity contribution in [2.45, 2.75) is 37.6 Å². The van der Waals surface area contributed by atoms with Gasteiger partial charge in [0.25, 0.3) is 0 Å². The van der Waals surface area contributed by atoms with Crippen molar-refractivity contribution in [3.63, 3.8) is 0 Å². The summed E-state index contributed by atoms with van der Waals surface area (Å²) in [5.41, 5.74) is 1.60. The van der Waals surface area contributed by atoms with E-state index in [9.17, 15) is 9.59 Å². The van der Waals surface area contributed by atoms with Crippen LogP contribution >= 0.6 is 23.1 Å². The van der Waals surface area contributed by atoms with Crippen molar-refractivity contribution in [1.82, 2.24) is 4.98 Å². The van der Waals surface area contributed by atoms with E-state index in [0.717, 1.165) is 26.7 Å². The van der Waals surface area contributed by atoms with Gasteiger partial charge in [-0.1, -0.05) is 18.7 Å². The third-order valence-electron chi connectivity index (χ3n) is 2.91. The first-order chi connectivity index (χ1) is 10.5. The number of nitrogens with one attached hydrogen (secondary N) is 1. The Bertz CT molecular complexity index is 684. The standard InChI is InChI=1S/C15H18N2O3S2/c1-4-9(2)20-14(19)8-21-15-17-12-6-5-11(16-10(3)18)7-13(12)22-15/h5-7,9H,4,8H2,1-3H3,(H,16,18). The predicted octanol–water partition coefficient (Wildman–Crippen LogP) is 3.69. The number of rotatable bonds is 6. The van der Waals surface area contributed by atoms with Gasteiger partial charge in [0.1, 0.15) is 0 Å². The summed E-state index contributed by atoms with van der Waals surface area (Å²) < 4.78 is 7.02. The first-order valence-electron chi connectivity index (χ1n) is 6.98. The van der Waals surface area contributed by atoms with Crippen LogP contribution in [0.3, 0.4) is 0 Å². The molecule has 0 spiro atoms. The lowest BCUT2D eigenvalue weighted by atomic mass is 10.3. The fourth-order valence-electron chi connectivity index (χ4n) is 1.71. The summed E-state index contributed by atoms with van der Waals surface area (Å²) in [6.07, 6.45) is 0.757. The molecule has 0 fully saturated rings. The number of nitrogens with zero attached hydrogens (tertiary/aromatic N) is 1. The smallest absolute Gasteiger partial charge is 0.316 e. The topological polar surface area (TPSA) is 68.3 Å². The van der Waals surface area contributed by atoms with Gasteiger partial charge in [-0.25, -0.2) is 4.98 Å². The SMILES string of the molecule is CCC(C)OC(=O)CSc1nc2ccc(NC(C)=O)cc2s1. The maximum absolute atomic E-state index is 11.7. The molecule has 1 heterocycles. The molecule has 22 heavy (non-hydrogen) atoms. The lowest BCUT2D eigenvalue weighted by Gasteiger charge is -2.09. The van der Waals surface area contributed by atoms with E-state index in [2.05, 4.69) is 10.3 Å². The molecule has 0 aliphatic heterocycles. The number of amides is 1. The zero-order chi connectivity index (χ0) is 16.1. The van der Waals surface area contributed by atoms with Crippen LogP contribution in [0.2, 0.25) is 0 Å². The second kappa shape index (κ2) is 7.60. The summed E-state index contributed by atoms with van der Waals surface area (Å²) in [5, 5.41) is 2.74. The van der Waals surface area contributed by atoms with Crippen LogP contribution in [0.15, 0.2) is 22.5 Å². The van der Waals surface area contributed by atoms with E-state index in [4.69, 9.17) is 4.74 Å². The van der Waals surface area contributed by atoms with E-state index in [0.29, 0.717) is 0 Å². The molecular weight excluding hydrogens is 320 g/mol. The molecular formula is C15H18N2O3S2. The summed E-state index contributed by atoms with van der Waals surface area (Å²) in [6, 6.07) is 5.56. The Hall–Kier alpha value is -1.60. The normalized spacial score (nSPS) is 12.1. The van der Waals surface area contributed by atoms with Crippen molar-refractivity contribution in [1.29, 1.82) is 0 Å². The first kappa shape index (κ1) is 16.8. The van der Waals surface area contributed by atoms with Crippen molar-refractivity contribution >= 4 is 50.9 Å². The van der Waals surface area contributed by atoms with Crippen LogP contribution in [-0.2, 0) is 14.3 Å². The summed E-state index contributed by atoms with van der Waals surface area (Å²) in [7, 11) is 0. The Balaban J connectivity index is 2.00. The van der Waals surface area contributed by atoms with Gasteiger partial charge in [-0.05, 0) is 31.5 Å². The zero-order valence-corrected chi connectivity index (χ0v) is 14.3. The minimum Gasteiger partial charge on any atom is -0.462 e. The van der Waals surface area contributed by atoms with Gasteiger partial charge in [-0.3, -0.25) is 9.59 Å². The average molecular weight is 338 g/mol. The lowest BCUT2D eigenvalue weighted by Crippen LogP contribution is -2.15. The van der Waals surface area contributed by atoms with E-state index in [-0.39, 0.29) is 23.7 Å². The molecule has 0 radical (unpaired) electrons. The van der Waals surface area contributed by atoms with Crippen molar-refractivity contribution in [3.05, 3.63) is 18.2 Å². The number of carbonyl (C=O) groups excluding carboxylic acids is 2. The van der Waals surface area contributed by atoms with Crippen LogP contribution < -0.4 is 5.32 Å². The highest BCUT2D eigenvalue weighted by molar-refractivity contribution is 8.01. The molecule has 0 aliphatic carbocycles. The van der Waals surface area contributed by atoms with Crippen LogP contribution in [0, 0.1) is 0 Å². The largest absolute Gasteiger partial charge is 0.462 e. The Morgan fingerprint density at radius 1 is 1.45 bits per heavy atom. The lowest BCUT2D eigenvalue weighted by molar-refractivity contribution is -0.145. The fraction of sp³-hybridized carbons (Fsp3) is 0.400. The second-order valence-electron chi connectivity index (χ2n) is 4.84. The quantitative estimate of drug-likeness (QED) is 0.642. The van der Waals surface area contributed by atoms with Crippen LogP contribution in [-0.4, -0.2) is 28.7 Å². The molecule has 1 unspecified atom stereocenters. The highest BCUT2D eigenvalue weighted by Crippen LogP contribution is 2.31. The summed E-state index contributed by atoms with van der Waals surface area (Å²) in [4.78, 5) is 27.2. The molecule has 0 saturated heterocycles. The summed E-state index contributed by atoms with van der Waals surface area (Å²) in [6.45, 7) is 5.33. The molecule has 0 aliphatic rings. The number of fused-ring (bicyclic) bond motifs is 1. The molecule has 118 valence electrons. The van der Waals surface area contributed by atoms with Crippen LogP contribution in [0.1, 0.15) is 27.2 Å². The van der Waals surface area contributed by atoms with Crippen molar-refractivity contribution < 1.29 is 14.3 Å². The molecule has 1 amide bonds. The number of benzene rings is 1. The summed E-state index contributed by atoms with van der Waals surface area (Å²) in [5.74, 6) is -0.0771. The highest BCUT2D eigenvalue weighted by Gasteiger charge is 2.11. The van der Waals surface area contributed by atoms with E-state index >= 15 is 0 Å². The van der Waals surface area contributed by atoms with Crippen LogP contribution in [0.5, 0.6) is 0 Å². The average Bonchev–Trinajstić information content (AvgIpc) is 2.86. The molecule has 1 aromatic carbocycles. The van der Waals surface area contributed by atoms with Gasteiger partial charge >= 0.3 is 5.97 Å². The molecule has 2 rings (SSSR count). The minimum atomic E-state index is -0.224. The number of anilines is 1. The van der Waals surface area contributed by atoms with Gasteiger partial charge in [0.05, 0.1) is 22.1 Å². The monoisotopic (exact) mass is 338 g/mol. The van der Waals surface area contributed by atoms with Crippen molar-refractivity contribution in [2.24, 2.45) is 0 Å². The van der Waals surface area contributed by atoms with Crippen molar-refractivity contribution in [2.75, 3.05) is 11.1 Å². The van der Waals surface area contributed by atoms with E-state index in [1.165, 1.54) is 30.0 Å². The number of hydrogen-bond acceptors (Lipinski definition) is 6. The Morgan fingerprint density at radius 2 is 2.23 bits per heavy atom. The number of esters is 1. The predicted molar refractivity (Wildman–Crippen MR) is 90.5 cm³/mol. The Labute approximate surface area is 137 Å². The minimum absolute atomic E-state index is 0.0521. The van der Waals surface area contributed by atoms with E-state index in [1.807, 2.05) is 32.0 Å². The number of aromatic nitrogens is 1. The molecule has 0 bridgehead atoms. The van der Waals surface area contributed by atoms with Crippen LogP contribution in [0.25, 0.3) is 10.2 Å². The maximum Gasteiger partial charge on any atom is 0.316 e. The second-order valence-corrected chi connectivity index (χ2v) is 7.09. The molecule has 5 nitrogen and oxygen atoms in total. The van der Waals surface area contributed by atoms with Gasteiger partial charge in [0.2, 0.25) is 5.91 Å². The van der Waals surface area contributed by atoms with Crippen LogP contribution in [0.4, 0.5) is 5.69 Å². The molecule has 1 atom stereocenters. The fourth-order valence-corrected chi connectivity index (χ4v) is 3.60. The first-order valence-corrected chi connectivity index (χ1v) is 8.78. The maximum atomic E-state index is 11.7. The molecule has 7 heteroatoms. The summed E-state index contributed by atoms with van der Waals surface area (Å²) >= 11 is 2.87. The molecule has 2 aromatic rings. The number of thiazole rings is 1. The number of ether oxygens (including phenoxy) is 1. The van der Waals surface area contributed by atoms with Gasteiger partial charge in [-0.2, -0.15) is 0 Å².